The Labute approximate surface area is 200 Å². The third kappa shape index (κ3) is 6.12. The van der Waals surface area contributed by atoms with Crippen molar-refractivity contribution in [3.05, 3.63) is 82.8 Å². The van der Waals surface area contributed by atoms with Crippen molar-refractivity contribution in [2.45, 2.75) is 20.0 Å². The minimum atomic E-state index is -3.12. The van der Waals surface area contributed by atoms with Gasteiger partial charge in [0.2, 0.25) is 0 Å². The fourth-order valence-electron chi connectivity index (χ4n) is 3.59. The number of rotatable bonds is 9. The van der Waals surface area contributed by atoms with Crippen LogP contribution in [0.4, 0.5) is 0 Å². The molecule has 0 fully saturated rings. The van der Waals surface area contributed by atoms with Crippen molar-refractivity contribution in [1.82, 2.24) is 14.9 Å². The van der Waals surface area contributed by atoms with Crippen LogP contribution in [0.15, 0.2) is 55.4 Å². The summed E-state index contributed by atoms with van der Waals surface area (Å²) in [6.07, 6.45) is 8.44. The fourth-order valence-corrected chi connectivity index (χ4v) is 4.42. The molecule has 1 aromatic carbocycles. The molecule has 0 bridgehead atoms. The normalized spacial score (nSPS) is 12.1. The number of ether oxygens (including phenoxy) is 1. The van der Waals surface area contributed by atoms with Crippen LogP contribution < -0.4 is 4.74 Å². The Morgan fingerprint density at radius 1 is 1.27 bits per heavy atom. The highest BCUT2D eigenvalue weighted by Gasteiger charge is 2.16. The molecule has 0 aliphatic heterocycles. The number of fused-ring (bicyclic) bond motifs is 1. The van der Waals surface area contributed by atoms with E-state index in [4.69, 9.17) is 21.3 Å². The maximum atomic E-state index is 11.6. The second kappa shape index (κ2) is 10.4. The zero-order valence-electron chi connectivity index (χ0n) is 19.3. The van der Waals surface area contributed by atoms with E-state index in [2.05, 4.69) is 11.6 Å². The van der Waals surface area contributed by atoms with E-state index in [0.717, 1.165) is 39.0 Å². The van der Waals surface area contributed by atoms with Gasteiger partial charge in [-0.25, -0.2) is 13.4 Å². The third-order valence-corrected chi connectivity index (χ3v) is 6.44. The summed E-state index contributed by atoms with van der Waals surface area (Å²) < 4.78 is 29.5. The van der Waals surface area contributed by atoms with Crippen LogP contribution in [0.3, 0.4) is 0 Å². The zero-order valence-corrected chi connectivity index (χ0v) is 20.9. The highest BCUT2D eigenvalue weighted by Crippen LogP contribution is 2.32. The number of pyridine rings is 2. The van der Waals surface area contributed by atoms with E-state index in [1.165, 1.54) is 12.5 Å². The molecule has 0 amide bonds. The van der Waals surface area contributed by atoms with Gasteiger partial charge >= 0.3 is 0 Å². The summed E-state index contributed by atoms with van der Waals surface area (Å²) in [5.41, 5.74) is 5.12. The lowest BCUT2D eigenvalue weighted by atomic mass is 10.0. The molecule has 3 aromatic rings. The first-order valence-electron chi connectivity index (χ1n) is 10.4. The molecule has 0 radical (unpaired) electrons. The Morgan fingerprint density at radius 2 is 2.03 bits per heavy atom. The molecular formula is C25H28ClN3O3S. The second-order valence-electron chi connectivity index (χ2n) is 8.07. The number of halogens is 1. The van der Waals surface area contributed by atoms with E-state index >= 15 is 0 Å². The van der Waals surface area contributed by atoms with Crippen molar-refractivity contribution in [3.8, 4) is 5.75 Å². The monoisotopic (exact) mass is 485 g/mol. The number of hydrogen-bond donors (Lipinski definition) is 0. The second-order valence-corrected chi connectivity index (χ2v) is 10.7. The fraction of sp³-hybridized carbons (Fsp3) is 0.280. The number of aryl methyl sites for hydroxylation is 2. The topological polar surface area (TPSA) is 72.4 Å². The molecule has 2 aromatic heterocycles. The summed E-state index contributed by atoms with van der Waals surface area (Å²) in [6.45, 7) is 5.96. The van der Waals surface area contributed by atoms with Crippen LogP contribution in [0.1, 0.15) is 22.4 Å². The van der Waals surface area contributed by atoms with E-state index in [-0.39, 0.29) is 12.4 Å². The highest BCUT2D eigenvalue weighted by atomic mass is 35.5. The quantitative estimate of drug-likeness (QED) is 0.403. The van der Waals surface area contributed by atoms with Crippen molar-refractivity contribution in [1.29, 1.82) is 0 Å². The first-order chi connectivity index (χ1) is 15.6. The average Bonchev–Trinajstić information content (AvgIpc) is 2.74. The Kier molecular flexibility index (Phi) is 7.76. The van der Waals surface area contributed by atoms with Crippen molar-refractivity contribution in [3.63, 3.8) is 0 Å². The van der Waals surface area contributed by atoms with Gasteiger partial charge in [0.1, 0.15) is 27.7 Å². The summed E-state index contributed by atoms with van der Waals surface area (Å²) in [5.74, 6) is 0.639. The van der Waals surface area contributed by atoms with Gasteiger partial charge in [0.15, 0.2) is 0 Å². The summed E-state index contributed by atoms with van der Waals surface area (Å²) in [6, 6.07) is 7.86. The molecule has 0 saturated carbocycles. The highest BCUT2D eigenvalue weighted by molar-refractivity contribution is 7.90. The Balaban J connectivity index is 2.01. The van der Waals surface area contributed by atoms with E-state index in [1.54, 1.807) is 12.3 Å². The van der Waals surface area contributed by atoms with E-state index in [1.807, 2.05) is 56.3 Å². The Hall–Kier alpha value is -2.90. The van der Waals surface area contributed by atoms with Gasteiger partial charge in [-0.3, -0.25) is 4.98 Å². The van der Waals surface area contributed by atoms with E-state index < -0.39 is 9.84 Å². The maximum absolute atomic E-state index is 11.6. The van der Waals surface area contributed by atoms with Gasteiger partial charge in [-0.2, -0.15) is 0 Å². The number of benzene rings is 1. The number of nitrogens with zero attached hydrogens (tertiary/aromatic N) is 3. The Morgan fingerprint density at radius 3 is 2.70 bits per heavy atom. The van der Waals surface area contributed by atoms with Gasteiger partial charge in [-0.15, -0.1) is 0 Å². The minimum absolute atomic E-state index is 0.0172. The molecule has 174 valence electrons. The van der Waals surface area contributed by atoms with Gasteiger partial charge in [-0.1, -0.05) is 36.4 Å². The largest absolute Gasteiger partial charge is 0.487 e. The number of para-hydroxylation sites is 1. The molecular weight excluding hydrogens is 458 g/mol. The number of hydrogen-bond acceptors (Lipinski definition) is 6. The molecule has 2 heterocycles. The molecule has 3 rings (SSSR count). The van der Waals surface area contributed by atoms with Crippen LogP contribution >= 0.6 is 11.6 Å². The molecule has 0 aliphatic rings. The van der Waals surface area contributed by atoms with Gasteiger partial charge in [0.25, 0.3) is 0 Å². The lowest BCUT2D eigenvalue weighted by Crippen LogP contribution is -2.11. The molecule has 33 heavy (non-hydrogen) atoms. The third-order valence-electron chi connectivity index (χ3n) is 5.17. The van der Waals surface area contributed by atoms with Crippen molar-refractivity contribution in [2.24, 2.45) is 0 Å². The summed E-state index contributed by atoms with van der Waals surface area (Å²) >= 11 is 6.40. The molecule has 0 aliphatic carbocycles. The lowest BCUT2D eigenvalue weighted by molar-refractivity contribution is 0.308. The first-order valence-corrected chi connectivity index (χ1v) is 12.9. The van der Waals surface area contributed by atoms with Gasteiger partial charge in [-0.05, 0) is 37.1 Å². The smallest absolute Gasteiger partial charge is 0.147 e. The van der Waals surface area contributed by atoms with Gasteiger partial charge in [0.05, 0.1) is 10.8 Å². The van der Waals surface area contributed by atoms with Crippen molar-refractivity contribution < 1.29 is 13.2 Å². The van der Waals surface area contributed by atoms with Crippen molar-refractivity contribution in [2.75, 3.05) is 26.1 Å². The van der Waals surface area contributed by atoms with Crippen LogP contribution in [-0.2, 0) is 22.9 Å². The van der Waals surface area contributed by atoms with Crippen LogP contribution in [0, 0.1) is 6.92 Å². The minimum Gasteiger partial charge on any atom is -0.487 e. The predicted octanol–water partition coefficient (Wildman–Crippen LogP) is 4.85. The number of allylic oxidation sites excluding steroid dienone is 2. The average molecular weight is 486 g/mol. The SMILES string of the molecule is C=C/C=C(/c1cc(C)nc2c(OCc3c(Cl)cncc3CCS(C)(=O)=O)cccc12)N(C)C. The maximum Gasteiger partial charge on any atom is 0.147 e. The molecule has 6 nitrogen and oxygen atoms in total. The molecule has 0 N–H and O–H groups in total. The van der Waals surface area contributed by atoms with Crippen LogP contribution in [0.25, 0.3) is 16.6 Å². The van der Waals surface area contributed by atoms with Crippen molar-refractivity contribution >= 4 is 38.0 Å². The van der Waals surface area contributed by atoms with Crippen LogP contribution in [0.2, 0.25) is 5.02 Å². The van der Waals surface area contributed by atoms with E-state index in [9.17, 15) is 8.42 Å². The first kappa shape index (κ1) is 24.7. The summed E-state index contributed by atoms with van der Waals surface area (Å²) in [5, 5.41) is 1.40. The van der Waals surface area contributed by atoms with Gasteiger partial charge in [0, 0.05) is 60.6 Å². The Bertz CT molecular complexity index is 1320. The molecule has 0 spiro atoms. The zero-order chi connectivity index (χ0) is 24.2. The predicted molar refractivity (Wildman–Crippen MR) is 135 cm³/mol. The summed E-state index contributed by atoms with van der Waals surface area (Å²) in [4.78, 5) is 10.9. The number of aromatic nitrogens is 2. The number of sulfone groups is 1. The molecule has 0 unspecified atom stereocenters. The van der Waals surface area contributed by atoms with Crippen LogP contribution in [0.5, 0.6) is 5.75 Å². The lowest BCUT2D eigenvalue weighted by Gasteiger charge is -2.20. The summed E-state index contributed by atoms with van der Waals surface area (Å²) in [7, 11) is 0.858. The van der Waals surface area contributed by atoms with Gasteiger partial charge < -0.3 is 9.64 Å². The van der Waals surface area contributed by atoms with Crippen LogP contribution in [-0.4, -0.2) is 49.4 Å². The van der Waals surface area contributed by atoms with E-state index in [0.29, 0.717) is 17.2 Å². The standard InChI is InChI=1S/C25H28ClN3O3S/c1-6-8-23(29(3)4)20-13-17(2)28-25-19(20)9-7-10-24(25)32-16-21-18(11-12-33(5,30)31)14-27-15-22(21)26/h6-10,13-15H,1,11-12,16H2,2-5H3/b23-8-. The molecule has 0 atom stereocenters. The molecule has 8 heteroatoms. The molecule has 0 saturated heterocycles.